The number of halogens is 3. The van der Waals surface area contributed by atoms with E-state index in [0.717, 1.165) is 0 Å². The third kappa shape index (κ3) is 4.33. The number of carboxylic acids is 1. The molecule has 0 saturated carbocycles. The Bertz CT molecular complexity index is 491. The average Bonchev–Trinajstić information content (AvgIpc) is 2.86. The average molecular weight is 309 g/mol. The number of nitrogens with zero attached hydrogens (tertiary/aromatic N) is 3. The molecule has 0 spiro atoms. The van der Waals surface area contributed by atoms with E-state index in [1.54, 1.807) is 6.20 Å². The molecule has 0 bridgehead atoms. The molecule has 1 rings (SSSR count). The molecule has 0 aliphatic rings. The molecule has 0 radical (unpaired) electrons. The van der Waals surface area contributed by atoms with E-state index in [1.165, 1.54) is 16.2 Å². The number of urea groups is 1. The van der Waals surface area contributed by atoms with Crippen molar-refractivity contribution >= 4 is 12.0 Å². The molecular formula is C10H14F3N5O3. The van der Waals surface area contributed by atoms with Crippen molar-refractivity contribution in [1.82, 2.24) is 25.6 Å². The lowest BCUT2D eigenvalue weighted by Crippen LogP contribution is -2.63. The molecule has 1 aromatic rings. The zero-order valence-electron chi connectivity index (χ0n) is 11.0. The molecule has 1 atom stereocenters. The number of aryl methyl sites for hydroxylation is 1. The summed E-state index contributed by atoms with van der Waals surface area (Å²) in [5.41, 5.74) is -3.34. The first-order chi connectivity index (χ1) is 9.67. The number of carboxylic acid groups (broad SMARTS) is 1. The maximum atomic E-state index is 12.6. The molecule has 0 aliphatic heterocycles. The number of rotatable bonds is 6. The Kier molecular flexibility index (Phi) is 5.11. The second-order valence-corrected chi connectivity index (χ2v) is 4.33. The van der Waals surface area contributed by atoms with Gasteiger partial charge in [0.15, 0.2) is 0 Å². The molecule has 0 aromatic carbocycles. The minimum atomic E-state index is -5.11. The highest BCUT2D eigenvalue weighted by atomic mass is 19.4. The van der Waals surface area contributed by atoms with Crippen molar-refractivity contribution in [2.24, 2.45) is 0 Å². The highest BCUT2D eigenvalue weighted by Crippen LogP contribution is 2.30. The van der Waals surface area contributed by atoms with Gasteiger partial charge in [-0.05, 0) is 13.3 Å². The van der Waals surface area contributed by atoms with Crippen molar-refractivity contribution in [1.29, 1.82) is 0 Å². The number of hydrogen-bond acceptors (Lipinski definition) is 4. The van der Waals surface area contributed by atoms with Crippen molar-refractivity contribution in [3.63, 3.8) is 0 Å². The molecule has 1 aromatic heterocycles. The molecular weight excluding hydrogens is 295 g/mol. The summed E-state index contributed by atoms with van der Waals surface area (Å²) >= 11 is 0. The van der Waals surface area contributed by atoms with Gasteiger partial charge in [-0.15, -0.1) is 5.10 Å². The van der Waals surface area contributed by atoms with Crippen molar-refractivity contribution in [3.05, 3.63) is 12.4 Å². The first-order valence-corrected chi connectivity index (χ1v) is 5.87. The quantitative estimate of drug-likeness (QED) is 0.658. The number of aromatic nitrogens is 3. The van der Waals surface area contributed by atoms with Crippen LogP contribution in [0.3, 0.4) is 0 Å². The van der Waals surface area contributed by atoms with Crippen LogP contribution in [0, 0.1) is 0 Å². The third-order valence-corrected chi connectivity index (χ3v) is 2.68. The molecule has 1 unspecified atom stereocenters. The summed E-state index contributed by atoms with van der Waals surface area (Å²) in [4.78, 5) is 22.1. The number of amides is 2. The number of hydrogen-bond donors (Lipinski definition) is 3. The lowest BCUT2D eigenvalue weighted by Gasteiger charge is -2.28. The Hall–Kier alpha value is -2.33. The van der Waals surface area contributed by atoms with Gasteiger partial charge < -0.3 is 15.7 Å². The Morgan fingerprint density at radius 2 is 2.05 bits per heavy atom. The van der Waals surface area contributed by atoms with Gasteiger partial charge in [0.1, 0.15) is 0 Å². The van der Waals surface area contributed by atoms with E-state index in [1.807, 2.05) is 0 Å². The molecule has 1 heterocycles. The zero-order valence-corrected chi connectivity index (χ0v) is 11.0. The zero-order chi connectivity index (χ0) is 16.1. The van der Waals surface area contributed by atoms with Gasteiger partial charge in [-0.1, -0.05) is 5.21 Å². The van der Waals surface area contributed by atoms with Crippen molar-refractivity contribution in [3.8, 4) is 0 Å². The topological polar surface area (TPSA) is 109 Å². The lowest BCUT2D eigenvalue weighted by atomic mass is 10.0. The van der Waals surface area contributed by atoms with Crippen LogP contribution in [-0.2, 0) is 11.3 Å². The van der Waals surface area contributed by atoms with Crippen LogP contribution in [0.4, 0.5) is 18.0 Å². The van der Waals surface area contributed by atoms with Crippen molar-refractivity contribution in [2.45, 2.75) is 31.6 Å². The van der Waals surface area contributed by atoms with Gasteiger partial charge in [-0.3, -0.25) is 4.68 Å². The Morgan fingerprint density at radius 3 is 2.52 bits per heavy atom. The highest BCUT2D eigenvalue weighted by Gasteiger charge is 2.58. The first kappa shape index (κ1) is 16.7. The number of carbonyl (C=O) groups is 2. The number of nitrogens with one attached hydrogen (secondary N) is 2. The van der Waals surface area contributed by atoms with E-state index in [4.69, 9.17) is 5.11 Å². The molecule has 0 aliphatic carbocycles. The number of alkyl halides is 3. The molecule has 3 N–H and O–H groups in total. The van der Waals surface area contributed by atoms with E-state index >= 15 is 0 Å². The van der Waals surface area contributed by atoms with Crippen molar-refractivity contribution < 1.29 is 27.9 Å². The maximum absolute atomic E-state index is 12.6. The van der Waals surface area contributed by atoms with E-state index < -0.39 is 23.7 Å². The summed E-state index contributed by atoms with van der Waals surface area (Å²) in [6.45, 7) is 0.847. The second kappa shape index (κ2) is 6.41. The standard InChI is InChI=1S/C10H14F3N5O3/c1-9(7(19)20,10(11,12)13)16-8(21)14-3-2-5-18-6-4-15-17-18/h4,6H,2-3,5H2,1H3,(H,19,20)(H2,14,16,21). The largest absolute Gasteiger partial charge is 0.479 e. The summed E-state index contributed by atoms with van der Waals surface area (Å²) in [6, 6.07) is -1.21. The van der Waals surface area contributed by atoms with E-state index in [9.17, 15) is 22.8 Å². The Morgan fingerprint density at radius 1 is 1.38 bits per heavy atom. The summed E-state index contributed by atoms with van der Waals surface area (Å²) in [5.74, 6) is -2.19. The van der Waals surface area contributed by atoms with E-state index in [-0.39, 0.29) is 6.54 Å². The number of carbonyl (C=O) groups excluding carboxylic acids is 1. The van der Waals surface area contributed by atoms with Gasteiger partial charge in [0.2, 0.25) is 5.54 Å². The predicted molar refractivity (Wildman–Crippen MR) is 63.3 cm³/mol. The van der Waals surface area contributed by atoms with Gasteiger partial charge in [0.05, 0.1) is 6.20 Å². The summed E-state index contributed by atoms with van der Waals surface area (Å²) < 4.78 is 39.4. The van der Waals surface area contributed by atoms with Crippen molar-refractivity contribution in [2.75, 3.05) is 6.54 Å². The lowest BCUT2D eigenvalue weighted by molar-refractivity contribution is -0.203. The first-order valence-electron chi connectivity index (χ1n) is 5.87. The summed E-state index contributed by atoms with van der Waals surface area (Å²) in [7, 11) is 0. The van der Waals surface area contributed by atoms with Crippen LogP contribution in [0.25, 0.3) is 0 Å². The van der Waals surface area contributed by atoms with Gasteiger partial charge in [0, 0.05) is 19.3 Å². The van der Waals surface area contributed by atoms with Crippen LogP contribution in [0.1, 0.15) is 13.3 Å². The number of aliphatic carboxylic acids is 1. The molecule has 0 saturated heterocycles. The molecule has 11 heteroatoms. The summed E-state index contributed by atoms with van der Waals surface area (Å²) in [6.07, 6.45) is -1.67. The Labute approximate surface area is 117 Å². The van der Waals surface area contributed by atoms with Crippen LogP contribution in [0.15, 0.2) is 12.4 Å². The van der Waals surface area contributed by atoms with Crippen LogP contribution in [0.2, 0.25) is 0 Å². The normalized spacial score (nSPS) is 14.3. The monoisotopic (exact) mass is 309 g/mol. The molecule has 8 nitrogen and oxygen atoms in total. The van der Waals surface area contributed by atoms with Gasteiger partial charge in [-0.25, -0.2) is 9.59 Å². The molecule has 0 fully saturated rings. The van der Waals surface area contributed by atoms with E-state index in [0.29, 0.717) is 19.9 Å². The predicted octanol–water partition coefficient (Wildman–Crippen LogP) is 0.373. The van der Waals surface area contributed by atoms with Gasteiger partial charge in [0.25, 0.3) is 0 Å². The Balaban J connectivity index is 2.43. The molecule has 21 heavy (non-hydrogen) atoms. The fourth-order valence-electron chi connectivity index (χ4n) is 1.31. The van der Waals surface area contributed by atoms with Crippen LogP contribution in [0.5, 0.6) is 0 Å². The van der Waals surface area contributed by atoms with Crippen LogP contribution < -0.4 is 10.6 Å². The van der Waals surface area contributed by atoms with Gasteiger partial charge >= 0.3 is 18.2 Å². The fraction of sp³-hybridized carbons (Fsp3) is 0.600. The molecule has 118 valence electrons. The maximum Gasteiger partial charge on any atom is 0.422 e. The SMILES string of the molecule is CC(NC(=O)NCCCn1ccnn1)(C(=O)O)C(F)(F)F. The second-order valence-electron chi connectivity index (χ2n) is 4.33. The highest BCUT2D eigenvalue weighted by molar-refractivity contribution is 5.86. The molecule has 2 amide bonds. The minimum absolute atomic E-state index is 0.0548. The third-order valence-electron chi connectivity index (χ3n) is 2.68. The minimum Gasteiger partial charge on any atom is -0.479 e. The van der Waals surface area contributed by atoms with Crippen LogP contribution >= 0.6 is 0 Å². The van der Waals surface area contributed by atoms with Crippen LogP contribution in [-0.4, -0.2) is 50.4 Å². The fourth-order valence-corrected chi connectivity index (χ4v) is 1.31. The smallest absolute Gasteiger partial charge is 0.422 e. The van der Waals surface area contributed by atoms with Gasteiger partial charge in [-0.2, -0.15) is 13.2 Å². The van der Waals surface area contributed by atoms with E-state index in [2.05, 4.69) is 15.6 Å². The summed E-state index contributed by atoms with van der Waals surface area (Å²) in [5, 5.41) is 19.4.